The quantitative estimate of drug-likeness (QED) is 0.741. The molecule has 0 amide bonds. The lowest BCUT2D eigenvalue weighted by Gasteiger charge is -2.25. The molecule has 5 rings (SSSR count). The second-order valence-electron chi connectivity index (χ2n) is 7.75. The van der Waals surface area contributed by atoms with Crippen molar-refractivity contribution in [3.63, 3.8) is 0 Å². The van der Waals surface area contributed by atoms with Crippen LogP contribution in [0, 0.1) is 0 Å². The number of aliphatic imine (C=N–C) groups is 1. The maximum absolute atomic E-state index is 6.46. The second-order valence-corrected chi connectivity index (χ2v) is 8.16. The third kappa shape index (κ3) is 3.84. The Morgan fingerprint density at radius 1 is 1.29 bits per heavy atom. The average molecular weight is 438 g/mol. The largest absolute Gasteiger partial charge is 0.494 e. The van der Waals surface area contributed by atoms with E-state index in [9.17, 15) is 0 Å². The van der Waals surface area contributed by atoms with E-state index in [4.69, 9.17) is 27.1 Å². The van der Waals surface area contributed by atoms with E-state index in [2.05, 4.69) is 31.2 Å². The van der Waals surface area contributed by atoms with Gasteiger partial charge in [-0.1, -0.05) is 17.7 Å². The van der Waals surface area contributed by atoms with Gasteiger partial charge in [0.15, 0.2) is 0 Å². The third-order valence-corrected chi connectivity index (χ3v) is 6.03. The highest BCUT2D eigenvalue weighted by atomic mass is 35.5. The summed E-state index contributed by atoms with van der Waals surface area (Å²) in [7, 11) is 1.65. The topological polar surface area (TPSA) is 91.9 Å². The van der Waals surface area contributed by atoms with E-state index in [1.165, 1.54) is 0 Å². The lowest BCUT2D eigenvalue weighted by Crippen LogP contribution is -2.26. The van der Waals surface area contributed by atoms with Crippen LogP contribution in [0.3, 0.4) is 0 Å². The lowest BCUT2D eigenvalue weighted by atomic mass is 10.1. The molecule has 4 heterocycles. The van der Waals surface area contributed by atoms with Gasteiger partial charge in [0.2, 0.25) is 5.95 Å². The normalized spacial score (nSPS) is 22.0. The van der Waals surface area contributed by atoms with Gasteiger partial charge in [0, 0.05) is 37.1 Å². The molecule has 3 aliphatic rings. The van der Waals surface area contributed by atoms with Crippen LogP contribution in [0.1, 0.15) is 18.2 Å². The predicted octanol–water partition coefficient (Wildman–Crippen LogP) is 3.26. The smallest absolute Gasteiger partial charge is 0.227 e. The Bertz CT molecular complexity index is 1080. The van der Waals surface area contributed by atoms with E-state index >= 15 is 0 Å². The first-order valence-electron chi connectivity index (χ1n) is 10.3. The Hall–Kier alpha value is -3.10. The van der Waals surface area contributed by atoms with Crippen molar-refractivity contribution in [3.8, 4) is 5.75 Å². The van der Waals surface area contributed by atoms with Crippen molar-refractivity contribution in [1.29, 1.82) is 0 Å². The number of amidine groups is 1. The standard InChI is InChI=1S/C22H24ClN7O/c1-31-19-10-15(29-9-7-14(24)13-29)5-6-17(19)27-22-26-11-16(23)21(28-22)18-12-25-20-4-2-3-8-30(18)20/h2-6,8,10-11,14,18H,7,9,12-13,24H2,1H3,(H,26,27,28). The van der Waals surface area contributed by atoms with E-state index in [1.54, 1.807) is 13.3 Å². The molecule has 1 aromatic carbocycles. The van der Waals surface area contributed by atoms with Crippen LogP contribution < -0.4 is 20.7 Å². The predicted molar refractivity (Wildman–Crippen MR) is 123 cm³/mol. The molecule has 0 bridgehead atoms. The Labute approximate surface area is 186 Å². The number of nitrogens with zero attached hydrogens (tertiary/aromatic N) is 5. The van der Waals surface area contributed by atoms with Crippen molar-refractivity contribution in [1.82, 2.24) is 14.9 Å². The number of nitrogens with one attached hydrogen (secondary N) is 1. The Morgan fingerprint density at radius 2 is 2.19 bits per heavy atom. The molecule has 2 aromatic rings. The molecule has 3 N–H and O–H groups in total. The van der Waals surface area contributed by atoms with Crippen molar-refractivity contribution < 1.29 is 4.74 Å². The van der Waals surface area contributed by atoms with Crippen molar-refractivity contribution in [2.75, 3.05) is 37.0 Å². The summed E-state index contributed by atoms with van der Waals surface area (Å²) in [4.78, 5) is 18.0. The summed E-state index contributed by atoms with van der Waals surface area (Å²) in [6.45, 7) is 2.40. The fourth-order valence-corrected chi connectivity index (χ4v) is 4.34. The summed E-state index contributed by atoms with van der Waals surface area (Å²) in [5, 5.41) is 3.79. The highest BCUT2D eigenvalue weighted by Gasteiger charge is 2.30. The number of halogens is 1. The van der Waals surface area contributed by atoms with E-state index in [-0.39, 0.29) is 12.1 Å². The highest BCUT2D eigenvalue weighted by molar-refractivity contribution is 6.31. The van der Waals surface area contributed by atoms with Crippen molar-refractivity contribution in [2.24, 2.45) is 10.7 Å². The number of hydrogen-bond donors (Lipinski definition) is 2. The van der Waals surface area contributed by atoms with Gasteiger partial charge in [-0.2, -0.15) is 0 Å². The van der Waals surface area contributed by atoms with Gasteiger partial charge in [-0.15, -0.1) is 0 Å². The number of benzene rings is 1. The highest BCUT2D eigenvalue weighted by Crippen LogP contribution is 2.35. The molecule has 2 unspecified atom stereocenters. The van der Waals surface area contributed by atoms with Crippen molar-refractivity contribution in [3.05, 3.63) is 59.5 Å². The van der Waals surface area contributed by atoms with Gasteiger partial charge in [0.05, 0.1) is 42.3 Å². The summed E-state index contributed by atoms with van der Waals surface area (Å²) in [5.74, 6) is 2.09. The van der Waals surface area contributed by atoms with Crippen LogP contribution in [0.25, 0.3) is 0 Å². The Balaban J connectivity index is 1.39. The summed E-state index contributed by atoms with van der Waals surface area (Å²) in [6.07, 6.45) is 10.5. The molecular formula is C22H24ClN7O. The molecule has 31 heavy (non-hydrogen) atoms. The number of hydrogen-bond acceptors (Lipinski definition) is 8. The fourth-order valence-electron chi connectivity index (χ4n) is 4.13. The SMILES string of the molecule is COc1cc(N2CCC(N)C2)ccc1Nc1ncc(Cl)c(C2CN=C3C=CC=CN32)n1. The van der Waals surface area contributed by atoms with Gasteiger partial charge in [-0.3, -0.25) is 4.99 Å². The molecule has 9 heteroatoms. The number of ether oxygens (including phenoxy) is 1. The van der Waals surface area contributed by atoms with Crippen LogP contribution in [0.4, 0.5) is 17.3 Å². The first-order valence-corrected chi connectivity index (χ1v) is 10.7. The second kappa shape index (κ2) is 8.20. The van der Waals surface area contributed by atoms with Crippen LogP contribution in [0.2, 0.25) is 5.02 Å². The monoisotopic (exact) mass is 437 g/mol. The maximum atomic E-state index is 6.46. The molecule has 1 fully saturated rings. The average Bonchev–Trinajstić information content (AvgIpc) is 3.42. The minimum absolute atomic E-state index is 0.0594. The zero-order valence-corrected chi connectivity index (χ0v) is 18.0. The Morgan fingerprint density at radius 3 is 3.00 bits per heavy atom. The number of aromatic nitrogens is 2. The minimum atomic E-state index is -0.0594. The molecule has 0 aliphatic carbocycles. The van der Waals surface area contributed by atoms with Crippen LogP contribution >= 0.6 is 11.6 Å². The third-order valence-electron chi connectivity index (χ3n) is 5.74. The van der Waals surface area contributed by atoms with E-state index in [0.717, 1.165) is 42.4 Å². The fraction of sp³-hybridized carbons (Fsp3) is 0.318. The molecule has 3 aliphatic heterocycles. The van der Waals surface area contributed by atoms with E-state index in [0.29, 0.717) is 23.3 Å². The van der Waals surface area contributed by atoms with E-state index in [1.807, 2.05) is 36.6 Å². The molecule has 2 atom stereocenters. The van der Waals surface area contributed by atoms with Crippen LogP contribution in [-0.2, 0) is 0 Å². The molecule has 8 nitrogen and oxygen atoms in total. The molecule has 1 saturated heterocycles. The van der Waals surface area contributed by atoms with Crippen LogP contribution in [0.5, 0.6) is 5.75 Å². The lowest BCUT2D eigenvalue weighted by molar-refractivity contribution is 0.416. The van der Waals surface area contributed by atoms with Crippen molar-refractivity contribution >= 4 is 34.8 Å². The molecule has 0 spiro atoms. The number of allylic oxidation sites excluding steroid dienone is 2. The summed E-state index contributed by atoms with van der Waals surface area (Å²) in [5.41, 5.74) is 8.66. The zero-order chi connectivity index (χ0) is 21.4. The summed E-state index contributed by atoms with van der Waals surface area (Å²) >= 11 is 6.46. The number of rotatable bonds is 5. The van der Waals surface area contributed by atoms with Gasteiger partial charge < -0.3 is 25.6 Å². The van der Waals surface area contributed by atoms with Crippen LogP contribution in [-0.4, -0.2) is 53.5 Å². The summed E-state index contributed by atoms with van der Waals surface area (Å²) in [6, 6.07) is 6.21. The van der Waals surface area contributed by atoms with Crippen molar-refractivity contribution in [2.45, 2.75) is 18.5 Å². The number of fused-ring (bicyclic) bond motifs is 1. The number of methoxy groups -OCH3 is 1. The molecule has 1 aromatic heterocycles. The van der Waals surface area contributed by atoms with Gasteiger partial charge >= 0.3 is 0 Å². The molecule has 0 radical (unpaired) electrons. The first-order chi connectivity index (χ1) is 15.1. The first kappa shape index (κ1) is 19.8. The molecule has 0 saturated carbocycles. The van der Waals surface area contributed by atoms with Gasteiger partial charge in [0.1, 0.15) is 11.6 Å². The molecular weight excluding hydrogens is 414 g/mol. The number of nitrogens with two attached hydrogens (primary N) is 1. The minimum Gasteiger partial charge on any atom is -0.494 e. The van der Waals surface area contributed by atoms with E-state index < -0.39 is 0 Å². The Kier molecular flexibility index (Phi) is 5.25. The van der Waals surface area contributed by atoms with Gasteiger partial charge in [0.25, 0.3) is 0 Å². The van der Waals surface area contributed by atoms with Crippen LogP contribution in [0.15, 0.2) is 53.8 Å². The zero-order valence-electron chi connectivity index (χ0n) is 17.2. The van der Waals surface area contributed by atoms with Gasteiger partial charge in [-0.25, -0.2) is 9.97 Å². The number of anilines is 3. The van der Waals surface area contributed by atoms with Gasteiger partial charge in [-0.05, 0) is 30.7 Å². The summed E-state index contributed by atoms with van der Waals surface area (Å²) < 4.78 is 5.62. The molecule has 160 valence electrons. The maximum Gasteiger partial charge on any atom is 0.227 e.